The normalized spacial score (nSPS) is 15.0. The van der Waals surface area contributed by atoms with E-state index in [-0.39, 0.29) is 0 Å². The summed E-state index contributed by atoms with van der Waals surface area (Å²) in [7, 11) is 1.67. The molecule has 0 radical (unpaired) electrons. The molecule has 1 N–H and O–H groups in total. The SMILES string of the molecule is COc1ccccc1-c1ncc(N2CCNCC2)c(C)n1. The molecule has 2 heterocycles. The number of hydrogen-bond donors (Lipinski definition) is 1. The maximum Gasteiger partial charge on any atom is 0.163 e. The van der Waals surface area contributed by atoms with E-state index in [1.807, 2.05) is 37.4 Å². The lowest BCUT2D eigenvalue weighted by atomic mass is 10.2. The fraction of sp³-hybridized carbons (Fsp3) is 0.375. The summed E-state index contributed by atoms with van der Waals surface area (Å²) in [6.45, 7) is 6.05. The summed E-state index contributed by atoms with van der Waals surface area (Å²) < 4.78 is 5.39. The van der Waals surface area contributed by atoms with E-state index >= 15 is 0 Å². The molecule has 0 atom stereocenters. The zero-order valence-electron chi connectivity index (χ0n) is 12.5. The highest BCUT2D eigenvalue weighted by Gasteiger charge is 2.15. The molecule has 0 bridgehead atoms. The number of anilines is 1. The van der Waals surface area contributed by atoms with Gasteiger partial charge in [0.2, 0.25) is 0 Å². The monoisotopic (exact) mass is 284 g/mol. The molecule has 0 saturated carbocycles. The Labute approximate surface area is 125 Å². The van der Waals surface area contributed by atoms with Gasteiger partial charge in [0.15, 0.2) is 5.82 Å². The average Bonchev–Trinajstić information content (AvgIpc) is 2.55. The Morgan fingerprint density at radius 2 is 1.95 bits per heavy atom. The molecule has 0 unspecified atom stereocenters. The highest BCUT2D eigenvalue weighted by molar-refractivity contribution is 5.65. The van der Waals surface area contributed by atoms with E-state index in [4.69, 9.17) is 4.74 Å². The summed E-state index contributed by atoms with van der Waals surface area (Å²) >= 11 is 0. The largest absolute Gasteiger partial charge is 0.496 e. The van der Waals surface area contributed by atoms with Gasteiger partial charge in [-0.05, 0) is 19.1 Å². The quantitative estimate of drug-likeness (QED) is 0.932. The van der Waals surface area contributed by atoms with Crippen LogP contribution in [-0.2, 0) is 0 Å². The van der Waals surface area contributed by atoms with E-state index in [9.17, 15) is 0 Å². The number of hydrogen-bond acceptors (Lipinski definition) is 5. The van der Waals surface area contributed by atoms with Gasteiger partial charge in [0.05, 0.1) is 30.3 Å². The van der Waals surface area contributed by atoms with Crippen LogP contribution in [0.25, 0.3) is 11.4 Å². The molecule has 1 aromatic carbocycles. The lowest BCUT2D eigenvalue weighted by molar-refractivity contribution is 0.416. The van der Waals surface area contributed by atoms with Gasteiger partial charge in [-0.25, -0.2) is 9.97 Å². The molecule has 1 fully saturated rings. The van der Waals surface area contributed by atoms with Crippen molar-refractivity contribution in [3.8, 4) is 17.1 Å². The summed E-state index contributed by atoms with van der Waals surface area (Å²) in [5.74, 6) is 1.51. The Morgan fingerprint density at radius 3 is 2.67 bits per heavy atom. The van der Waals surface area contributed by atoms with E-state index in [0.717, 1.165) is 48.9 Å². The van der Waals surface area contributed by atoms with Crippen molar-refractivity contribution in [1.29, 1.82) is 0 Å². The molecule has 1 aliphatic heterocycles. The number of nitrogens with zero attached hydrogens (tertiary/aromatic N) is 3. The van der Waals surface area contributed by atoms with Gasteiger partial charge in [0.25, 0.3) is 0 Å². The predicted molar refractivity (Wildman–Crippen MR) is 83.8 cm³/mol. The molecule has 0 spiro atoms. The number of rotatable bonds is 3. The molecule has 110 valence electrons. The van der Waals surface area contributed by atoms with Crippen molar-refractivity contribution < 1.29 is 4.74 Å². The molecule has 5 nitrogen and oxygen atoms in total. The first kappa shape index (κ1) is 13.8. The molecular weight excluding hydrogens is 264 g/mol. The van der Waals surface area contributed by atoms with Crippen molar-refractivity contribution in [2.75, 3.05) is 38.2 Å². The maximum absolute atomic E-state index is 5.39. The minimum absolute atomic E-state index is 0.712. The minimum Gasteiger partial charge on any atom is -0.496 e. The second kappa shape index (κ2) is 6.10. The fourth-order valence-electron chi connectivity index (χ4n) is 2.64. The standard InChI is InChI=1S/C16H20N4O/c1-12-14(20-9-7-17-8-10-20)11-18-16(19-12)13-5-3-4-6-15(13)21-2/h3-6,11,17H,7-10H2,1-2H3. The van der Waals surface area contributed by atoms with Crippen LogP contribution >= 0.6 is 0 Å². The van der Waals surface area contributed by atoms with Gasteiger partial charge < -0.3 is 15.0 Å². The van der Waals surface area contributed by atoms with Crippen molar-refractivity contribution in [2.24, 2.45) is 0 Å². The minimum atomic E-state index is 0.712. The van der Waals surface area contributed by atoms with Crippen LogP contribution in [0.4, 0.5) is 5.69 Å². The average molecular weight is 284 g/mol. The molecule has 1 saturated heterocycles. The fourth-order valence-corrected chi connectivity index (χ4v) is 2.64. The van der Waals surface area contributed by atoms with Gasteiger partial charge in [0, 0.05) is 26.2 Å². The molecule has 5 heteroatoms. The summed E-state index contributed by atoms with van der Waals surface area (Å²) in [6.07, 6.45) is 1.93. The van der Waals surface area contributed by atoms with Gasteiger partial charge in [0.1, 0.15) is 5.75 Å². The number of aryl methyl sites for hydroxylation is 1. The highest BCUT2D eigenvalue weighted by atomic mass is 16.5. The Kier molecular flexibility index (Phi) is 4.01. The van der Waals surface area contributed by atoms with Crippen LogP contribution in [0, 0.1) is 6.92 Å². The zero-order chi connectivity index (χ0) is 14.7. The number of piperazine rings is 1. The second-order valence-corrected chi connectivity index (χ2v) is 5.10. The lowest BCUT2D eigenvalue weighted by Gasteiger charge is -2.30. The molecule has 2 aromatic rings. The number of para-hydroxylation sites is 1. The molecule has 3 rings (SSSR count). The van der Waals surface area contributed by atoms with Crippen LogP contribution < -0.4 is 15.0 Å². The number of nitrogens with one attached hydrogen (secondary N) is 1. The number of methoxy groups -OCH3 is 1. The number of ether oxygens (including phenoxy) is 1. The summed E-state index contributed by atoms with van der Waals surface area (Å²) in [5, 5.41) is 3.36. The van der Waals surface area contributed by atoms with E-state index in [2.05, 4.69) is 20.2 Å². The van der Waals surface area contributed by atoms with Gasteiger partial charge in [-0.3, -0.25) is 0 Å². The Hall–Kier alpha value is -2.14. The zero-order valence-corrected chi connectivity index (χ0v) is 12.5. The molecule has 1 aliphatic rings. The summed E-state index contributed by atoms with van der Waals surface area (Å²) in [4.78, 5) is 11.5. The topological polar surface area (TPSA) is 50.3 Å². The smallest absolute Gasteiger partial charge is 0.163 e. The Bertz CT molecular complexity index is 623. The maximum atomic E-state index is 5.39. The van der Waals surface area contributed by atoms with Gasteiger partial charge >= 0.3 is 0 Å². The van der Waals surface area contributed by atoms with Crippen molar-refractivity contribution in [1.82, 2.24) is 15.3 Å². The number of aromatic nitrogens is 2. The highest BCUT2D eigenvalue weighted by Crippen LogP contribution is 2.28. The summed E-state index contributed by atoms with van der Waals surface area (Å²) in [5.41, 5.74) is 3.05. The number of benzene rings is 1. The second-order valence-electron chi connectivity index (χ2n) is 5.10. The van der Waals surface area contributed by atoms with Gasteiger partial charge in [-0.2, -0.15) is 0 Å². The van der Waals surface area contributed by atoms with E-state index in [1.165, 1.54) is 0 Å². The van der Waals surface area contributed by atoms with Crippen LogP contribution in [-0.4, -0.2) is 43.3 Å². The van der Waals surface area contributed by atoms with Crippen LogP contribution in [0.3, 0.4) is 0 Å². The van der Waals surface area contributed by atoms with Crippen molar-refractivity contribution in [3.05, 3.63) is 36.2 Å². The first-order valence-corrected chi connectivity index (χ1v) is 7.22. The van der Waals surface area contributed by atoms with Crippen LogP contribution in [0.1, 0.15) is 5.69 Å². The molecule has 0 aliphatic carbocycles. The third kappa shape index (κ3) is 2.83. The lowest BCUT2D eigenvalue weighted by Crippen LogP contribution is -2.43. The third-order valence-electron chi connectivity index (χ3n) is 3.76. The first-order valence-electron chi connectivity index (χ1n) is 7.22. The third-order valence-corrected chi connectivity index (χ3v) is 3.76. The Morgan fingerprint density at radius 1 is 1.19 bits per heavy atom. The van der Waals surface area contributed by atoms with Crippen LogP contribution in [0.2, 0.25) is 0 Å². The van der Waals surface area contributed by atoms with Crippen molar-refractivity contribution in [3.63, 3.8) is 0 Å². The molecule has 1 aromatic heterocycles. The van der Waals surface area contributed by atoms with Crippen molar-refractivity contribution in [2.45, 2.75) is 6.92 Å². The van der Waals surface area contributed by atoms with E-state index in [1.54, 1.807) is 7.11 Å². The molecule has 0 amide bonds. The summed E-state index contributed by atoms with van der Waals surface area (Å²) in [6, 6.07) is 7.83. The predicted octanol–water partition coefficient (Wildman–Crippen LogP) is 1.87. The van der Waals surface area contributed by atoms with Gasteiger partial charge in [-0.15, -0.1) is 0 Å². The Balaban J connectivity index is 1.93. The van der Waals surface area contributed by atoms with E-state index < -0.39 is 0 Å². The van der Waals surface area contributed by atoms with Gasteiger partial charge in [-0.1, -0.05) is 12.1 Å². The molecule has 21 heavy (non-hydrogen) atoms. The first-order chi connectivity index (χ1) is 10.3. The van der Waals surface area contributed by atoms with Crippen LogP contribution in [0.5, 0.6) is 5.75 Å². The van der Waals surface area contributed by atoms with Crippen molar-refractivity contribution >= 4 is 5.69 Å². The van der Waals surface area contributed by atoms with E-state index in [0.29, 0.717) is 5.82 Å². The molecular formula is C16H20N4O. The van der Waals surface area contributed by atoms with Crippen LogP contribution in [0.15, 0.2) is 30.5 Å².